The summed E-state index contributed by atoms with van der Waals surface area (Å²) in [7, 11) is -3.67. The van der Waals surface area contributed by atoms with Gasteiger partial charge in [0.25, 0.3) is 10.0 Å². The van der Waals surface area contributed by atoms with E-state index in [-0.39, 0.29) is 5.03 Å². The summed E-state index contributed by atoms with van der Waals surface area (Å²) in [6, 6.07) is 6.96. The lowest BCUT2D eigenvalue weighted by Gasteiger charge is -2.06. The molecule has 2 rings (SSSR count). The van der Waals surface area contributed by atoms with E-state index >= 15 is 0 Å². The van der Waals surface area contributed by atoms with Crippen LogP contribution in [0, 0.1) is 6.92 Å². The molecule has 0 saturated heterocycles. The van der Waals surface area contributed by atoms with Gasteiger partial charge in [-0.2, -0.15) is 8.42 Å². The molecule has 1 aromatic heterocycles. The maximum Gasteiger partial charge on any atom is 0.280 e. The van der Waals surface area contributed by atoms with Gasteiger partial charge in [0.1, 0.15) is 5.82 Å². The molecular formula is C14H20N4O2S. The summed E-state index contributed by atoms with van der Waals surface area (Å²) in [5.41, 5.74) is 6.96. The van der Waals surface area contributed by atoms with Crippen molar-refractivity contribution in [2.75, 3.05) is 4.72 Å². The van der Waals surface area contributed by atoms with Crippen LogP contribution < -0.4 is 10.5 Å². The second-order valence-electron chi connectivity index (χ2n) is 4.83. The van der Waals surface area contributed by atoms with Gasteiger partial charge in [-0.25, -0.2) is 4.98 Å². The Balaban J connectivity index is 2.22. The Morgan fingerprint density at radius 3 is 2.52 bits per heavy atom. The highest BCUT2D eigenvalue weighted by molar-refractivity contribution is 7.92. The molecule has 0 amide bonds. The van der Waals surface area contributed by atoms with Crippen molar-refractivity contribution in [3.05, 3.63) is 41.9 Å². The Morgan fingerprint density at radius 2 is 1.95 bits per heavy atom. The average Bonchev–Trinajstić information content (AvgIpc) is 2.82. The minimum Gasteiger partial charge on any atom is -0.334 e. The van der Waals surface area contributed by atoms with Crippen molar-refractivity contribution in [3.8, 4) is 0 Å². The minimum absolute atomic E-state index is 0.0383. The highest BCUT2D eigenvalue weighted by Gasteiger charge is 2.19. The maximum atomic E-state index is 12.3. The number of aryl methyl sites for hydroxylation is 2. The van der Waals surface area contributed by atoms with Gasteiger partial charge in [0.05, 0.1) is 0 Å². The first-order valence-electron chi connectivity index (χ1n) is 6.82. The molecular weight excluding hydrogens is 288 g/mol. The lowest BCUT2D eigenvalue weighted by Crippen LogP contribution is -2.13. The molecule has 114 valence electrons. The quantitative estimate of drug-likeness (QED) is 0.852. The van der Waals surface area contributed by atoms with Crippen LogP contribution in [-0.2, 0) is 23.1 Å². The van der Waals surface area contributed by atoms with Crippen LogP contribution in [0.1, 0.15) is 24.7 Å². The topological polar surface area (TPSA) is 90.0 Å². The minimum atomic E-state index is -3.67. The molecule has 21 heavy (non-hydrogen) atoms. The Morgan fingerprint density at radius 1 is 1.29 bits per heavy atom. The van der Waals surface area contributed by atoms with Crippen molar-refractivity contribution in [3.63, 3.8) is 0 Å². The van der Waals surface area contributed by atoms with Crippen LogP contribution in [0.4, 0.5) is 5.69 Å². The van der Waals surface area contributed by atoms with Crippen molar-refractivity contribution >= 4 is 15.7 Å². The first-order valence-corrected chi connectivity index (χ1v) is 8.30. The van der Waals surface area contributed by atoms with Gasteiger partial charge in [0.15, 0.2) is 5.03 Å². The smallest absolute Gasteiger partial charge is 0.280 e. The molecule has 2 aromatic rings. The zero-order valence-corrected chi connectivity index (χ0v) is 13.0. The van der Waals surface area contributed by atoms with Crippen molar-refractivity contribution in [1.29, 1.82) is 0 Å². The fourth-order valence-electron chi connectivity index (χ4n) is 1.99. The first kappa shape index (κ1) is 15.5. The Hall–Kier alpha value is -1.86. The highest BCUT2D eigenvalue weighted by atomic mass is 32.2. The van der Waals surface area contributed by atoms with Gasteiger partial charge in [-0.1, -0.05) is 19.1 Å². The number of sulfonamides is 1. The lowest BCUT2D eigenvalue weighted by molar-refractivity contribution is 0.597. The maximum absolute atomic E-state index is 12.3. The van der Waals surface area contributed by atoms with Crippen molar-refractivity contribution in [2.24, 2.45) is 5.73 Å². The summed E-state index contributed by atoms with van der Waals surface area (Å²) in [5, 5.41) is 0.0383. The third-order valence-electron chi connectivity index (χ3n) is 3.14. The van der Waals surface area contributed by atoms with E-state index in [1.165, 1.54) is 0 Å². The molecule has 0 aliphatic carbocycles. The highest BCUT2D eigenvalue weighted by Crippen LogP contribution is 2.16. The summed E-state index contributed by atoms with van der Waals surface area (Å²) in [4.78, 5) is 4.12. The van der Waals surface area contributed by atoms with Gasteiger partial charge in [0.2, 0.25) is 0 Å². The number of imidazole rings is 1. The van der Waals surface area contributed by atoms with Crippen LogP contribution in [0.15, 0.2) is 35.5 Å². The number of benzene rings is 1. The normalized spacial score (nSPS) is 11.6. The molecule has 0 bridgehead atoms. The zero-order valence-electron chi connectivity index (χ0n) is 12.2. The monoisotopic (exact) mass is 308 g/mol. The van der Waals surface area contributed by atoms with Crippen LogP contribution in [0.3, 0.4) is 0 Å². The van der Waals surface area contributed by atoms with Crippen LogP contribution in [0.5, 0.6) is 0 Å². The fourth-order valence-corrected chi connectivity index (χ4v) is 3.06. The SMILES string of the molecule is CCCn1cc(S(=O)(=O)Nc2ccc(CN)cc2)nc1C. The molecule has 3 N–H and O–H groups in total. The molecule has 0 unspecified atom stereocenters. The molecule has 1 aromatic carbocycles. The number of hydrogen-bond acceptors (Lipinski definition) is 4. The predicted octanol–water partition coefficient (Wildman–Crippen LogP) is 1.86. The third-order valence-corrected chi connectivity index (χ3v) is 4.39. The molecule has 0 spiro atoms. The van der Waals surface area contributed by atoms with E-state index in [0.29, 0.717) is 18.1 Å². The van der Waals surface area contributed by atoms with Crippen LogP contribution in [0.2, 0.25) is 0 Å². The van der Waals surface area contributed by atoms with Crippen molar-refractivity contribution in [1.82, 2.24) is 9.55 Å². The molecule has 0 saturated carbocycles. The van der Waals surface area contributed by atoms with Crippen LogP contribution in [0.25, 0.3) is 0 Å². The largest absolute Gasteiger partial charge is 0.334 e. The molecule has 0 atom stereocenters. The molecule has 6 nitrogen and oxygen atoms in total. The van der Waals surface area contributed by atoms with Gasteiger partial charge in [0, 0.05) is 25.0 Å². The summed E-state index contributed by atoms with van der Waals surface area (Å²) in [6.07, 6.45) is 2.49. The van der Waals surface area contributed by atoms with E-state index in [1.807, 2.05) is 11.5 Å². The third kappa shape index (κ3) is 3.62. The number of anilines is 1. The number of nitrogens with zero attached hydrogens (tertiary/aromatic N) is 2. The van der Waals surface area contributed by atoms with Crippen molar-refractivity contribution in [2.45, 2.75) is 38.4 Å². The van der Waals surface area contributed by atoms with E-state index < -0.39 is 10.0 Å². The summed E-state index contributed by atoms with van der Waals surface area (Å²) in [5.74, 6) is 0.690. The fraction of sp³-hybridized carbons (Fsp3) is 0.357. The Bertz CT molecular complexity index is 705. The molecule has 7 heteroatoms. The Labute approximate surface area is 125 Å². The van der Waals surface area contributed by atoms with Gasteiger partial charge in [-0.15, -0.1) is 0 Å². The van der Waals surface area contributed by atoms with Gasteiger partial charge >= 0.3 is 0 Å². The second kappa shape index (κ2) is 6.28. The molecule has 0 aliphatic rings. The molecule has 0 aliphatic heterocycles. The van der Waals surface area contributed by atoms with E-state index in [2.05, 4.69) is 9.71 Å². The number of hydrogen-bond donors (Lipinski definition) is 2. The average molecular weight is 308 g/mol. The Kier molecular flexibility index (Phi) is 4.64. The van der Waals surface area contributed by atoms with Gasteiger partial charge in [-0.3, -0.25) is 4.72 Å². The summed E-state index contributed by atoms with van der Waals surface area (Å²) in [6.45, 7) is 5.00. The predicted molar refractivity (Wildman–Crippen MR) is 82.4 cm³/mol. The zero-order chi connectivity index (χ0) is 15.5. The standard InChI is InChI=1S/C14H20N4O2S/c1-3-8-18-10-14(16-11(18)2)21(19,20)17-13-6-4-12(9-15)5-7-13/h4-7,10,17H,3,8-9,15H2,1-2H3. The summed E-state index contributed by atoms with van der Waals surface area (Å²) >= 11 is 0. The van der Waals surface area contributed by atoms with E-state index in [9.17, 15) is 8.42 Å². The van der Waals surface area contributed by atoms with E-state index in [1.54, 1.807) is 37.4 Å². The van der Waals surface area contributed by atoms with Gasteiger partial charge in [-0.05, 0) is 31.0 Å². The number of rotatable bonds is 6. The van der Waals surface area contributed by atoms with Crippen LogP contribution >= 0.6 is 0 Å². The van der Waals surface area contributed by atoms with Gasteiger partial charge < -0.3 is 10.3 Å². The number of nitrogens with two attached hydrogens (primary N) is 1. The molecule has 1 heterocycles. The molecule has 0 fully saturated rings. The number of aromatic nitrogens is 2. The number of nitrogens with one attached hydrogen (secondary N) is 1. The summed E-state index contributed by atoms with van der Waals surface area (Å²) < 4.78 is 29.0. The lowest BCUT2D eigenvalue weighted by atomic mass is 10.2. The first-order chi connectivity index (χ1) is 9.96. The molecule has 0 radical (unpaired) electrons. The second-order valence-corrected chi connectivity index (χ2v) is 6.46. The van der Waals surface area contributed by atoms with E-state index in [4.69, 9.17) is 5.73 Å². The van der Waals surface area contributed by atoms with Crippen molar-refractivity contribution < 1.29 is 8.42 Å². The van der Waals surface area contributed by atoms with E-state index in [0.717, 1.165) is 18.5 Å². The van der Waals surface area contributed by atoms with Crippen LogP contribution in [-0.4, -0.2) is 18.0 Å².